The van der Waals surface area contributed by atoms with E-state index in [2.05, 4.69) is 12.1 Å². The van der Waals surface area contributed by atoms with Gasteiger partial charge in [-0.1, -0.05) is 66.7 Å². The first-order valence-electron chi connectivity index (χ1n) is 10.6. The summed E-state index contributed by atoms with van der Waals surface area (Å²) in [5, 5.41) is 10.4. The molecule has 0 aromatic heterocycles. The number of rotatable bonds is 6. The van der Waals surface area contributed by atoms with Crippen molar-refractivity contribution in [3.05, 3.63) is 95.8 Å². The lowest BCUT2D eigenvalue weighted by Gasteiger charge is -2.29. The minimum atomic E-state index is -0.677. The van der Waals surface area contributed by atoms with E-state index in [0.29, 0.717) is 25.8 Å². The molecule has 1 heterocycles. The maximum absolute atomic E-state index is 13.2. The second kappa shape index (κ2) is 9.41. The summed E-state index contributed by atoms with van der Waals surface area (Å²) >= 11 is 0. The molecule has 0 unspecified atom stereocenters. The van der Waals surface area contributed by atoms with Crippen LogP contribution in [0.3, 0.4) is 0 Å². The molecule has 3 aromatic carbocycles. The number of nitrogens with zero attached hydrogens (tertiary/aromatic N) is 1. The average Bonchev–Trinajstić information content (AvgIpc) is 3.16. The standard InChI is InChI=1S/C26H27FN2O2/c27-22-12-8-19(9-13-22)17-24-25(30)14-15-29(24)26(31)23(28)16-18-6-10-21(11-7-18)20-4-2-1-3-5-20/h1-13,23-25,30H,14-17,28H2/t23-,24+,25+/m1/s1. The number of aliphatic hydroxyl groups excluding tert-OH is 1. The number of halogens is 1. The lowest BCUT2D eigenvalue weighted by molar-refractivity contribution is -0.134. The van der Waals surface area contributed by atoms with Gasteiger partial charge in [-0.05, 0) is 53.6 Å². The SMILES string of the molecule is N[C@H](Cc1ccc(-c2ccccc2)cc1)C(=O)N1CC[C@H](O)[C@@H]1Cc1ccc(F)cc1. The minimum Gasteiger partial charge on any atom is -0.391 e. The molecule has 3 atom stereocenters. The molecule has 1 amide bonds. The van der Waals surface area contributed by atoms with Gasteiger partial charge in [-0.25, -0.2) is 4.39 Å². The molecule has 31 heavy (non-hydrogen) atoms. The molecule has 0 spiro atoms. The molecule has 0 saturated carbocycles. The number of likely N-dealkylation sites (tertiary alicyclic amines) is 1. The second-order valence-corrected chi connectivity index (χ2v) is 8.16. The largest absolute Gasteiger partial charge is 0.391 e. The molecule has 0 bridgehead atoms. The van der Waals surface area contributed by atoms with Gasteiger partial charge in [0.05, 0.1) is 18.2 Å². The number of carbonyl (C=O) groups is 1. The predicted molar refractivity (Wildman–Crippen MR) is 120 cm³/mol. The first-order valence-corrected chi connectivity index (χ1v) is 10.6. The summed E-state index contributed by atoms with van der Waals surface area (Å²) in [5.41, 5.74) is 10.4. The van der Waals surface area contributed by atoms with Crippen LogP contribution in [0.15, 0.2) is 78.9 Å². The molecular formula is C26H27FN2O2. The van der Waals surface area contributed by atoms with Crippen molar-refractivity contribution >= 4 is 5.91 Å². The van der Waals surface area contributed by atoms with Gasteiger partial charge in [0, 0.05) is 6.54 Å². The zero-order valence-electron chi connectivity index (χ0n) is 17.3. The van der Waals surface area contributed by atoms with E-state index in [9.17, 15) is 14.3 Å². The topological polar surface area (TPSA) is 66.6 Å². The van der Waals surface area contributed by atoms with Crippen LogP contribution in [0, 0.1) is 5.82 Å². The van der Waals surface area contributed by atoms with Gasteiger partial charge in [-0.2, -0.15) is 0 Å². The van der Waals surface area contributed by atoms with Crippen LogP contribution in [0.25, 0.3) is 11.1 Å². The van der Waals surface area contributed by atoms with Crippen LogP contribution in [-0.4, -0.2) is 40.6 Å². The lowest BCUT2D eigenvalue weighted by Crippen LogP contribution is -2.49. The Labute approximate surface area is 182 Å². The van der Waals surface area contributed by atoms with Gasteiger partial charge in [0.1, 0.15) is 5.82 Å². The van der Waals surface area contributed by atoms with Crippen LogP contribution in [0.2, 0.25) is 0 Å². The summed E-state index contributed by atoms with van der Waals surface area (Å²) in [6.45, 7) is 0.479. The first kappa shape index (κ1) is 21.2. The van der Waals surface area contributed by atoms with E-state index in [1.54, 1.807) is 17.0 Å². The quantitative estimate of drug-likeness (QED) is 0.643. The van der Waals surface area contributed by atoms with Crippen molar-refractivity contribution in [1.29, 1.82) is 0 Å². The normalized spacial score (nSPS) is 19.4. The highest BCUT2D eigenvalue weighted by molar-refractivity contribution is 5.82. The van der Waals surface area contributed by atoms with E-state index in [0.717, 1.165) is 22.3 Å². The third kappa shape index (κ3) is 5.01. The number of nitrogens with two attached hydrogens (primary N) is 1. The van der Waals surface area contributed by atoms with Gasteiger partial charge in [-0.15, -0.1) is 0 Å². The highest BCUT2D eigenvalue weighted by Crippen LogP contribution is 2.24. The van der Waals surface area contributed by atoms with Crippen LogP contribution in [-0.2, 0) is 17.6 Å². The van der Waals surface area contributed by atoms with Gasteiger partial charge < -0.3 is 15.7 Å². The Kier molecular flexibility index (Phi) is 6.44. The van der Waals surface area contributed by atoms with E-state index >= 15 is 0 Å². The van der Waals surface area contributed by atoms with Gasteiger partial charge >= 0.3 is 0 Å². The zero-order chi connectivity index (χ0) is 21.8. The fourth-order valence-corrected chi connectivity index (χ4v) is 4.24. The van der Waals surface area contributed by atoms with Crippen LogP contribution >= 0.6 is 0 Å². The lowest BCUT2D eigenvalue weighted by atomic mass is 9.99. The van der Waals surface area contributed by atoms with Crippen molar-refractivity contribution in [3.8, 4) is 11.1 Å². The second-order valence-electron chi connectivity index (χ2n) is 8.16. The van der Waals surface area contributed by atoms with Crippen molar-refractivity contribution < 1.29 is 14.3 Å². The Balaban J connectivity index is 1.41. The van der Waals surface area contributed by atoms with E-state index in [4.69, 9.17) is 5.73 Å². The predicted octanol–water partition coefficient (Wildman–Crippen LogP) is 3.57. The van der Waals surface area contributed by atoms with Crippen molar-refractivity contribution in [3.63, 3.8) is 0 Å². The third-order valence-corrected chi connectivity index (χ3v) is 5.99. The van der Waals surface area contributed by atoms with E-state index in [-0.39, 0.29) is 17.8 Å². The van der Waals surface area contributed by atoms with E-state index in [1.807, 2.05) is 42.5 Å². The Morgan fingerprint density at radius 2 is 1.58 bits per heavy atom. The fraction of sp³-hybridized carbons (Fsp3) is 0.269. The maximum atomic E-state index is 13.2. The smallest absolute Gasteiger partial charge is 0.240 e. The summed E-state index contributed by atoms with van der Waals surface area (Å²) in [5.74, 6) is -0.459. The summed E-state index contributed by atoms with van der Waals surface area (Å²) in [6.07, 6.45) is 0.831. The molecule has 0 radical (unpaired) electrons. The molecule has 4 rings (SSSR count). The highest BCUT2D eigenvalue weighted by atomic mass is 19.1. The number of aliphatic hydroxyl groups is 1. The van der Waals surface area contributed by atoms with Crippen molar-refractivity contribution in [2.24, 2.45) is 5.73 Å². The monoisotopic (exact) mass is 418 g/mol. The van der Waals surface area contributed by atoms with Gasteiger partial charge in [0.15, 0.2) is 0 Å². The number of hydrogen-bond donors (Lipinski definition) is 2. The van der Waals surface area contributed by atoms with Crippen molar-refractivity contribution in [2.45, 2.75) is 37.5 Å². The van der Waals surface area contributed by atoms with Gasteiger partial charge in [0.2, 0.25) is 5.91 Å². The van der Waals surface area contributed by atoms with E-state index in [1.165, 1.54) is 12.1 Å². The Hall–Kier alpha value is -3.02. The molecule has 1 aliphatic heterocycles. The first-order chi connectivity index (χ1) is 15.0. The summed E-state index contributed by atoms with van der Waals surface area (Å²) in [6, 6.07) is 23.4. The van der Waals surface area contributed by atoms with Crippen LogP contribution < -0.4 is 5.73 Å². The van der Waals surface area contributed by atoms with Crippen molar-refractivity contribution in [2.75, 3.05) is 6.54 Å². The molecule has 3 N–H and O–H groups in total. The highest BCUT2D eigenvalue weighted by Gasteiger charge is 2.37. The number of hydrogen-bond acceptors (Lipinski definition) is 3. The number of amides is 1. The summed E-state index contributed by atoms with van der Waals surface area (Å²) < 4.78 is 13.2. The zero-order valence-corrected chi connectivity index (χ0v) is 17.3. The van der Waals surface area contributed by atoms with Crippen LogP contribution in [0.4, 0.5) is 4.39 Å². The Bertz CT molecular complexity index is 1010. The number of benzene rings is 3. The average molecular weight is 419 g/mol. The third-order valence-electron chi connectivity index (χ3n) is 5.99. The molecule has 1 saturated heterocycles. The minimum absolute atomic E-state index is 0.157. The van der Waals surface area contributed by atoms with E-state index < -0.39 is 12.1 Å². The molecule has 1 aliphatic rings. The van der Waals surface area contributed by atoms with Crippen LogP contribution in [0.5, 0.6) is 0 Å². The Morgan fingerprint density at radius 3 is 2.26 bits per heavy atom. The molecule has 5 heteroatoms. The van der Waals surface area contributed by atoms with Crippen LogP contribution in [0.1, 0.15) is 17.5 Å². The Morgan fingerprint density at radius 1 is 0.968 bits per heavy atom. The summed E-state index contributed by atoms with van der Waals surface area (Å²) in [4.78, 5) is 14.8. The molecule has 0 aliphatic carbocycles. The van der Waals surface area contributed by atoms with Crippen molar-refractivity contribution in [1.82, 2.24) is 4.90 Å². The molecule has 4 nitrogen and oxygen atoms in total. The fourth-order valence-electron chi connectivity index (χ4n) is 4.24. The molecule has 160 valence electrons. The summed E-state index contributed by atoms with van der Waals surface area (Å²) in [7, 11) is 0. The van der Waals surface area contributed by atoms with Gasteiger partial charge in [0.25, 0.3) is 0 Å². The molecule has 3 aromatic rings. The number of carbonyl (C=O) groups excluding carboxylic acids is 1. The molecular weight excluding hydrogens is 391 g/mol. The molecule has 1 fully saturated rings. The van der Waals surface area contributed by atoms with Gasteiger partial charge in [-0.3, -0.25) is 4.79 Å². The maximum Gasteiger partial charge on any atom is 0.240 e.